The minimum absolute atomic E-state index is 0.0800. The van der Waals surface area contributed by atoms with E-state index in [4.69, 9.17) is 4.74 Å². The fourth-order valence-electron chi connectivity index (χ4n) is 1.92. The van der Waals surface area contributed by atoms with Crippen molar-refractivity contribution in [3.63, 3.8) is 0 Å². The molecule has 0 fully saturated rings. The van der Waals surface area contributed by atoms with E-state index < -0.39 is 16.1 Å². The maximum Gasteiger partial charge on any atom is 0.407 e. The van der Waals surface area contributed by atoms with Gasteiger partial charge in [0.05, 0.1) is 4.90 Å². The zero-order chi connectivity index (χ0) is 17.4. The van der Waals surface area contributed by atoms with Crippen LogP contribution in [-0.2, 0) is 21.4 Å². The summed E-state index contributed by atoms with van der Waals surface area (Å²) in [6.45, 7) is 2.27. The van der Waals surface area contributed by atoms with Crippen molar-refractivity contribution in [3.8, 4) is 0 Å². The van der Waals surface area contributed by atoms with E-state index in [0.29, 0.717) is 0 Å². The largest absolute Gasteiger partial charge is 0.445 e. The molecule has 0 bridgehead atoms. The summed E-state index contributed by atoms with van der Waals surface area (Å²) in [7, 11) is -3.57. The van der Waals surface area contributed by atoms with E-state index in [0.717, 1.165) is 11.1 Å². The van der Waals surface area contributed by atoms with E-state index in [2.05, 4.69) is 10.0 Å². The first-order chi connectivity index (χ1) is 11.5. The van der Waals surface area contributed by atoms with Crippen LogP contribution < -0.4 is 10.0 Å². The molecule has 0 aliphatic heterocycles. The monoisotopic (exact) mass is 348 g/mol. The van der Waals surface area contributed by atoms with Gasteiger partial charge >= 0.3 is 6.09 Å². The van der Waals surface area contributed by atoms with Crippen molar-refractivity contribution in [1.82, 2.24) is 10.0 Å². The van der Waals surface area contributed by atoms with Crippen molar-refractivity contribution < 1.29 is 17.9 Å². The highest BCUT2D eigenvalue weighted by atomic mass is 32.2. The molecule has 0 saturated carbocycles. The van der Waals surface area contributed by atoms with Crippen LogP contribution in [0, 0.1) is 6.92 Å². The Bertz CT molecular complexity index is 759. The quantitative estimate of drug-likeness (QED) is 0.751. The molecular formula is C17H20N2O4S. The summed E-state index contributed by atoms with van der Waals surface area (Å²) < 4.78 is 31.5. The highest BCUT2D eigenvalue weighted by molar-refractivity contribution is 7.89. The Labute approximate surface area is 141 Å². The number of carbonyl (C=O) groups excluding carboxylic acids is 1. The van der Waals surface area contributed by atoms with Crippen molar-refractivity contribution in [2.45, 2.75) is 18.4 Å². The molecular weight excluding hydrogens is 328 g/mol. The minimum atomic E-state index is -3.57. The molecule has 0 atom stereocenters. The second kappa shape index (κ2) is 8.47. The highest BCUT2D eigenvalue weighted by Crippen LogP contribution is 2.09. The van der Waals surface area contributed by atoms with Gasteiger partial charge in [-0.2, -0.15) is 0 Å². The van der Waals surface area contributed by atoms with Gasteiger partial charge in [0.2, 0.25) is 10.0 Å². The standard InChI is InChI=1S/C17H20N2O4S/c1-14-7-9-16(10-8-14)24(21,22)19-12-11-18-17(20)23-13-15-5-3-2-4-6-15/h2-10,19H,11-13H2,1H3,(H,18,20). The van der Waals surface area contributed by atoms with Gasteiger partial charge in [0.25, 0.3) is 0 Å². The Morgan fingerprint density at radius 2 is 1.67 bits per heavy atom. The van der Waals surface area contributed by atoms with Crippen LogP contribution in [0.2, 0.25) is 0 Å². The first-order valence-electron chi connectivity index (χ1n) is 7.48. The van der Waals surface area contributed by atoms with Crippen molar-refractivity contribution in [2.75, 3.05) is 13.1 Å². The van der Waals surface area contributed by atoms with Gasteiger partial charge in [-0.3, -0.25) is 0 Å². The van der Waals surface area contributed by atoms with Crippen LogP contribution in [0.1, 0.15) is 11.1 Å². The Balaban J connectivity index is 1.70. The van der Waals surface area contributed by atoms with E-state index in [1.807, 2.05) is 37.3 Å². The molecule has 2 rings (SSSR count). The summed E-state index contributed by atoms with van der Waals surface area (Å²) >= 11 is 0. The van der Waals surface area contributed by atoms with Crippen LogP contribution in [0.3, 0.4) is 0 Å². The fourth-order valence-corrected chi connectivity index (χ4v) is 2.96. The molecule has 1 amide bonds. The van der Waals surface area contributed by atoms with Gasteiger partial charge in [-0.15, -0.1) is 0 Å². The molecule has 6 nitrogen and oxygen atoms in total. The molecule has 2 aromatic rings. The molecule has 0 aromatic heterocycles. The number of ether oxygens (including phenoxy) is 1. The lowest BCUT2D eigenvalue weighted by molar-refractivity contribution is 0.140. The van der Waals surface area contributed by atoms with E-state index >= 15 is 0 Å². The topological polar surface area (TPSA) is 84.5 Å². The molecule has 0 heterocycles. The average Bonchev–Trinajstić information content (AvgIpc) is 2.58. The number of rotatable bonds is 7. The molecule has 2 N–H and O–H groups in total. The molecule has 128 valence electrons. The number of hydrogen-bond donors (Lipinski definition) is 2. The van der Waals surface area contributed by atoms with E-state index in [9.17, 15) is 13.2 Å². The van der Waals surface area contributed by atoms with Crippen LogP contribution in [-0.4, -0.2) is 27.6 Å². The maximum atomic E-state index is 12.0. The number of alkyl carbamates (subject to hydrolysis) is 1. The van der Waals surface area contributed by atoms with Crippen LogP contribution >= 0.6 is 0 Å². The molecule has 0 aliphatic carbocycles. The van der Waals surface area contributed by atoms with Crippen LogP contribution in [0.25, 0.3) is 0 Å². The lowest BCUT2D eigenvalue weighted by Gasteiger charge is -2.09. The predicted molar refractivity (Wildman–Crippen MR) is 91.0 cm³/mol. The zero-order valence-electron chi connectivity index (χ0n) is 13.4. The van der Waals surface area contributed by atoms with Gasteiger partial charge in [-0.05, 0) is 24.6 Å². The average molecular weight is 348 g/mol. The first kappa shape index (κ1) is 18.0. The SMILES string of the molecule is Cc1ccc(S(=O)(=O)NCCNC(=O)OCc2ccccc2)cc1. The van der Waals surface area contributed by atoms with Crippen molar-refractivity contribution in [2.24, 2.45) is 0 Å². The zero-order valence-corrected chi connectivity index (χ0v) is 14.2. The van der Waals surface area contributed by atoms with E-state index in [-0.39, 0.29) is 24.6 Å². The molecule has 0 saturated heterocycles. The van der Waals surface area contributed by atoms with Gasteiger partial charge in [-0.25, -0.2) is 17.9 Å². The Morgan fingerprint density at radius 1 is 1.00 bits per heavy atom. The van der Waals surface area contributed by atoms with E-state index in [1.54, 1.807) is 24.3 Å². The molecule has 7 heteroatoms. The second-order valence-electron chi connectivity index (χ2n) is 5.20. The third-order valence-corrected chi connectivity index (χ3v) is 4.71. The number of amides is 1. The predicted octanol–water partition coefficient (Wildman–Crippen LogP) is 2.20. The molecule has 0 unspecified atom stereocenters. The van der Waals surface area contributed by atoms with Gasteiger partial charge in [-0.1, -0.05) is 48.0 Å². The molecule has 0 radical (unpaired) electrons. The third kappa shape index (κ3) is 5.68. The first-order valence-corrected chi connectivity index (χ1v) is 8.96. The summed E-state index contributed by atoms with van der Waals surface area (Å²) in [5.74, 6) is 0. The molecule has 2 aromatic carbocycles. The van der Waals surface area contributed by atoms with Crippen LogP contribution in [0.15, 0.2) is 59.5 Å². The molecule has 24 heavy (non-hydrogen) atoms. The second-order valence-corrected chi connectivity index (χ2v) is 6.97. The number of sulfonamides is 1. The molecule has 0 spiro atoms. The summed E-state index contributed by atoms with van der Waals surface area (Å²) in [5, 5.41) is 2.50. The summed E-state index contributed by atoms with van der Waals surface area (Å²) in [4.78, 5) is 11.7. The lowest BCUT2D eigenvalue weighted by Crippen LogP contribution is -2.34. The normalized spacial score (nSPS) is 11.0. The summed E-state index contributed by atoms with van der Waals surface area (Å²) in [5.41, 5.74) is 1.87. The third-order valence-electron chi connectivity index (χ3n) is 3.23. The minimum Gasteiger partial charge on any atom is -0.445 e. The van der Waals surface area contributed by atoms with Crippen LogP contribution in [0.5, 0.6) is 0 Å². The lowest BCUT2D eigenvalue weighted by atomic mass is 10.2. The van der Waals surface area contributed by atoms with Gasteiger partial charge in [0.1, 0.15) is 6.61 Å². The van der Waals surface area contributed by atoms with Gasteiger partial charge in [0.15, 0.2) is 0 Å². The summed E-state index contributed by atoms with van der Waals surface area (Å²) in [6.07, 6.45) is -0.589. The van der Waals surface area contributed by atoms with Crippen molar-refractivity contribution in [1.29, 1.82) is 0 Å². The van der Waals surface area contributed by atoms with Crippen molar-refractivity contribution >= 4 is 16.1 Å². The summed E-state index contributed by atoms with van der Waals surface area (Å²) in [6, 6.07) is 15.8. The number of carbonyl (C=O) groups is 1. The number of hydrogen-bond acceptors (Lipinski definition) is 4. The number of benzene rings is 2. The van der Waals surface area contributed by atoms with Crippen molar-refractivity contribution in [3.05, 3.63) is 65.7 Å². The van der Waals surface area contributed by atoms with Gasteiger partial charge in [0, 0.05) is 13.1 Å². The fraction of sp³-hybridized carbons (Fsp3) is 0.235. The van der Waals surface area contributed by atoms with Gasteiger partial charge < -0.3 is 10.1 Å². The Kier molecular flexibility index (Phi) is 6.34. The van der Waals surface area contributed by atoms with Crippen LogP contribution in [0.4, 0.5) is 4.79 Å². The number of nitrogens with one attached hydrogen (secondary N) is 2. The Hall–Kier alpha value is -2.38. The smallest absolute Gasteiger partial charge is 0.407 e. The number of aryl methyl sites for hydroxylation is 1. The van der Waals surface area contributed by atoms with E-state index in [1.165, 1.54) is 0 Å². The Morgan fingerprint density at radius 3 is 2.33 bits per heavy atom. The molecule has 0 aliphatic rings. The maximum absolute atomic E-state index is 12.0. The highest BCUT2D eigenvalue weighted by Gasteiger charge is 2.12.